The van der Waals surface area contributed by atoms with Crippen LogP contribution >= 0.6 is 11.8 Å². The van der Waals surface area contributed by atoms with Crippen molar-refractivity contribution in [3.8, 4) is 0 Å². The zero-order chi connectivity index (χ0) is 17.2. The lowest BCUT2D eigenvalue weighted by molar-refractivity contribution is -0.113. The third-order valence-corrected chi connectivity index (χ3v) is 4.73. The first kappa shape index (κ1) is 15.5. The number of benzene rings is 2. The molecule has 0 bridgehead atoms. The lowest BCUT2D eigenvalue weighted by Gasteiger charge is -2.08. The van der Waals surface area contributed by atoms with Gasteiger partial charge in [-0.1, -0.05) is 48.2 Å². The number of thioether (sulfide) groups is 1. The number of nitrogens with two attached hydrogens (primary N) is 1. The number of rotatable bonds is 4. The molecule has 0 aliphatic carbocycles. The van der Waals surface area contributed by atoms with Gasteiger partial charge in [0, 0.05) is 23.0 Å². The number of amides is 1. The molecule has 0 spiro atoms. The summed E-state index contributed by atoms with van der Waals surface area (Å²) >= 11 is 1.32. The highest BCUT2D eigenvalue weighted by Gasteiger charge is 2.10. The van der Waals surface area contributed by atoms with Crippen LogP contribution in [0.2, 0.25) is 0 Å². The Kier molecular flexibility index (Phi) is 3.99. The number of anilines is 2. The third kappa shape index (κ3) is 3.14. The van der Waals surface area contributed by atoms with Gasteiger partial charge in [-0.2, -0.15) is 0 Å². The molecule has 0 aliphatic heterocycles. The van der Waals surface area contributed by atoms with Crippen molar-refractivity contribution in [2.24, 2.45) is 0 Å². The van der Waals surface area contributed by atoms with E-state index in [4.69, 9.17) is 5.73 Å². The van der Waals surface area contributed by atoms with Crippen molar-refractivity contribution < 1.29 is 4.79 Å². The number of carbonyl (C=O) groups is 1. The van der Waals surface area contributed by atoms with Gasteiger partial charge in [0.1, 0.15) is 0 Å². The SMILES string of the molecule is Nc1ccc2nnc(SCC(=O)Nc3cccc4ccccc34)n2c1. The molecule has 124 valence electrons. The number of nitrogens with one attached hydrogen (secondary N) is 1. The molecule has 2 aromatic heterocycles. The number of carbonyl (C=O) groups excluding carboxylic acids is 1. The van der Waals surface area contributed by atoms with E-state index in [1.807, 2.05) is 42.5 Å². The predicted octanol–water partition coefficient (Wildman–Crippen LogP) is 3.20. The first-order valence-electron chi connectivity index (χ1n) is 7.71. The van der Waals surface area contributed by atoms with E-state index in [2.05, 4.69) is 15.5 Å². The molecule has 25 heavy (non-hydrogen) atoms. The van der Waals surface area contributed by atoms with Gasteiger partial charge < -0.3 is 11.1 Å². The zero-order valence-corrected chi connectivity index (χ0v) is 14.0. The fraction of sp³-hybridized carbons (Fsp3) is 0.0556. The van der Waals surface area contributed by atoms with E-state index in [1.165, 1.54) is 11.8 Å². The Morgan fingerprint density at radius 3 is 2.84 bits per heavy atom. The fourth-order valence-electron chi connectivity index (χ4n) is 2.64. The van der Waals surface area contributed by atoms with Gasteiger partial charge >= 0.3 is 0 Å². The van der Waals surface area contributed by atoms with Crippen molar-refractivity contribution >= 4 is 45.5 Å². The molecule has 3 N–H and O–H groups in total. The number of pyridine rings is 1. The second-order valence-electron chi connectivity index (χ2n) is 5.54. The summed E-state index contributed by atoms with van der Waals surface area (Å²) in [6, 6.07) is 17.4. The molecule has 0 radical (unpaired) electrons. The largest absolute Gasteiger partial charge is 0.398 e. The number of hydrogen-bond acceptors (Lipinski definition) is 5. The van der Waals surface area contributed by atoms with Gasteiger partial charge in [-0.15, -0.1) is 10.2 Å². The molecule has 1 amide bonds. The predicted molar refractivity (Wildman–Crippen MR) is 101 cm³/mol. The van der Waals surface area contributed by atoms with Crippen LogP contribution in [-0.2, 0) is 4.79 Å². The van der Waals surface area contributed by atoms with Crippen LogP contribution in [0.4, 0.5) is 11.4 Å². The molecule has 4 rings (SSSR count). The van der Waals surface area contributed by atoms with Crippen LogP contribution in [-0.4, -0.2) is 26.3 Å². The maximum absolute atomic E-state index is 12.3. The summed E-state index contributed by atoms with van der Waals surface area (Å²) in [5, 5.41) is 13.9. The molecule has 7 heteroatoms. The molecular formula is C18H15N5OS. The monoisotopic (exact) mass is 349 g/mol. The second-order valence-corrected chi connectivity index (χ2v) is 6.48. The van der Waals surface area contributed by atoms with Crippen LogP contribution < -0.4 is 11.1 Å². The maximum Gasteiger partial charge on any atom is 0.234 e. The molecular weight excluding hydrogens is 334 g/mol. The summed E-state index contributed by atoms with van der Waals surface area (Å²) in [5.41, 5.74) is 7.92. The first-order valence-corrected chi connectivity index (χ1v) is 8.70. The summed E-state index contributed by atoms with van der Waals surface area (Å²) in [6.07, 6.45) is 1.75. The van der Waals surface area contributed by atoms with Gasteiger partial charge in [0.05, 0.1) is 5.75 Å². The second kappa shape index (κ2) is 6.45. The topological polar surface area (TPSA) is 85.3 Å². The summed E-state index contributed by atoms with van der Waals surface area (Å²) in [5.74, 6) is 0.140. The van der Waals surface area contributed by atoms with Crippen LogP contribution in [0.15, 0.2) is 66.0 Å². The Bertz CT molecular complexity index is 1070. The number of aromatic nitrogens is 3. The summed E-state index contributed by atoms with van der Waals surface area (Å²) in [6.45, 7) is 0. The number of nitrogens with zero attached hydrogens (tertiary/aromatic N) is 3. The zero-order valence-electron chi connectivity index (χ0n) is 13.2. The lowest BCUT2D eigenvalue weighted by Crippen LogP contribution is -2.14. The van der Waals surface area contributed by atoms with Gasteiger partial charge in [-0.25, -0.2) is 0 Å². The van der Waals surface area contributed by atoms with E-state index in [0.717, 1.165) is 16.5 Å². The van der Waals surface area contributed by atoms with Gasteiger partial charge in [-0.3, -0.25) is 9.20 Å². The Labute approximate surface area is 148 Å². The highest BCUT2D eigenvalue weighted by Crippen LogP contribution is 2.24. The van der Waals surface area contributed by atoms with Crippen LogP contribution in [0.1, 0.15) is 0 Å². The van der Waals surface area contributed by atoms with E-state index >= 15 is 0 Å². The lowest BCUT2D eigenvalue weighted by atomic mass is 10.1. The van der Waals surface area contributed by atoms with Crippen molar-refractivity contribution in [1.82, 2.24) is 14.6 Å². The van der Waals surface area contributed by atoms with Crippen molar-refractivity contribution in [2.45, 2.75) is 5.16 Å². The average molecular weight is 349 g/mol. The molecule has 0 atom stereocenters. The normalized spacial score (nSPS) is 11.0. The Hall–Kier alpha value is -3.06. The highest BCUT2D eigenvalue weighted by molar-refractivity contribution is 7.99. The Balaban J connectivity index is 1.49. The number of fused-ring (bicyclic) bond motifs is 2. The minimum atomic E-state index is -0.0954. The molecule has 0 saturated heterocycles. The van der Waals surface area contributed by atoms with Crippen molar-refractivity contribution in [1.29, 1.82) is 0 Å². The number of hydrogen-bond donors (Lipinski definition) is 2. The average Bonchev–Trinajstić information content (AvgIpc) is 3.02. The van der Waals surface area contributed by atoms with Crippen molar-refractivity contribution in [3.63, 3.8) is 0 Å². The summed E-state index contributed by atoms with van der Waals surface area (Å²) in [7, 11) is 0. The van der Waals surface area contributed by atoms with Gasteiger partial charge in [0.25, 0.3) is 0 Å². The minimum Gasteiger partial charge on any atom is -0.398 e. The van der Waals surface area contributed by atoms with Gasteiger partial charge in [0.2, 0.25) is 5.91 Å². The van der Waals surface area contributed by atoms with Crippen molar-refractivity contribution in [2.75, 3.05) is 16.8 Å². The van der Waals surface area contributed by atoms with Gasteiger partial charge in [-0.05, 0) is 23.6 Å². The standard InChI is InChI=1S/C18H15N5OS/c19-13-8-9-16-21-22-18(23(16)10-13)25-11-17(24)20-15-7-3-5-12-4-1-2-6-14(12)15/h1-10H,11,19H2,(H,20,24). The summed E-state index contributed by atoms with van der Waals surface area (Å²) in [4.78, 5) is 12.3. The Morgan fingerprint density at radius 2 is 1.92 bits per heavy atom. The molecule has 0 unspecified atom stereocenters. The number of nitrogen functional groups attached to an aromatic ring is 1. The highest BCUT2D eigenvalue weighted by atomic mass is 32.2. The van der Waals surface area contributed by atoms with E-state index in [9.17, 15) is 4.79 Å². The van der Waals surface area contributed by atoms with E-state index in [0.29, 0.717) is 16.5 Å². The molecule has 4 aromatic rings. The van der Waals surface area contributed by atoms with Crippen LogP contribution in [0.5, 0.6) is 0 Å². The Morgan fingerprint density at radius 1 is 1.08 bits per heavy atom. The van der Waals surface area contributed by atoms with E-state index in [-0.39, 0.29) is 11.7 Å². The van der Waals surface area contributed by atoms with E-state index in [1.54, 1.807) is 22.7 Å². The van der Waals surface area contributed by atoms with Gasteiger partial charge in [0.15, 0.2) is 10.8 Å². The van der Waals surface area contributed by atoms with Crippen molar-refractivity contribution in [3.05, 3.63) is 60.8 Å². The molecule has 2 heterocycles. The third-order valence-electron chi connectivity index (χ3n) is 3.79. The van der Waals surface area contributed by atoms with E-state index < -0.39 is 0 Å². The molecule has 0 aliphatic rings. The molecule has 0 saturated carbocycles. The summed E-state index contributed by atoms with van der Waals surface area (Å²) < 4.78 is 1.78. The smallest absolute Gasteiger partial charge is 0.234 e. The van der Waals surface area contributed by atoms with Crippen LogP contribution in [0, 0.1) is 0 Å². The quantitative estimate of drug-likeness (QED) is 0.553. The molecule has 2 aromatic carbocycles. The first-order chi connectivity index (χ1) is 12.2. The molecule has 0 fully saturated rings. The molecule has 6 nitrogen and oxygen atoms in total. The fourth-order valence-corrected chi connectivity index (χ4v) is 3.35. The minimum absolute atomic E-state index is 0.0954. The van der Waals surface area contributed by atoms with Crippen LogP contribution in [0.25, 0.3) is 16.4 Å². The maximum atomic E-state index is 12.3. The van der Waals surface area contributed by atoms with Crippen LogP contribution in [0.3, 0.4) is 0 Å².